The summed E-state index contributed by atoms with van der Waals surface area (Å²) in [5.74, 6) is -1.75. The van der Waals surface area contributed by atoms with Crippen LogP contribution in [0.2, 0.25) is 0 Å². The van der Waals surface area contributed by atoms with E-state index in [9.17, 15) is 9.59 Å². The fourth-order valence-electron chi connectivity index (χ4n) is 5.67. The minimum atomic E-state index is -1.21. The summed E-state index contributed by atoms with van der Waals surface area (Å²) in [4.78, 5) is 25.4. The predicted octanol–water partition coefficient (Wildman–Crippen LogP) is 3.45. The monoisotopic (exact) mass is 390 g/mol. The minimum absolute atomic E-state index is 0.0798. The van der Waals surface area contributed by atoms with Crippen LogP contribution in [0.4, 0.5) is 0 Å². The van der Waals surface area contributed by atoms with E-state index >= 15 is 0 Å². The molecule has 0 unspecified atom stereocenters. The number of hydrogen-bond acceptors (Lipinski definition) is 6. The Morgan fingerprint density at radius 2 is 2.07 bits per heavy atom. The highest BCUT2D eigenvalue weighted by molar-refractivity contribution is 5.93. The molecule has 4 rings (SSSR count). The summed E-state index contributed by atoms with van der Waals surface area (Å²) in [6, 6.07) is 0. The molecule has 28 heavy (non-hydrogen) atoms. The van der Waals surface area contributed by atoms with Crippen molar-refractivity contribution in [2.75, 3.05) is 6.61 Å². The van der Waals surface area contributed by atoms with Crippen molar-refractivity contribution in [3.63, 3.8) is 0 Å². The van der Waals surface area contributed by atoms with Gasteiger partial charge >= 0.3 is 11.9 Å². The van der Waals surface area contributed by atoms with Gasteiger partial charge < -0.3 is 18.9 Å². The maximum Gasteiger partial charge on any atom is 0.336 e. The quantitative estimate of drug-likeness (QED) is 0.416. The normalized spacial score (nSPS) is 44.4. The van der Waals surface area contributed by atoms with Crippen LogP contribution in [0.5, 0.6) is 0 Å². The number of carbonyl (C=O) groups is 2. The van der Waals surface area contributed by atoms with Crippen LogP contribution in [0.3, 0.4) is 0 Å². The second kappa shape index (κ2) is 6.17. The van der Waals surface area contributed by atoms with Gasteiger partial charge in [-0.05, 0) is 46.5 Å². The van der Waals surface area contributed by atoms with Crippen LogP contribution in [0, 0.1) is 11.3 Å². The third-order valence-corrected chi connectivity index (χ3v) is 7.65. The second-order valence-electron chi connectivity index (χ2n) is 8.81. The van der Waals surface area contributed by atoms with Crippen molar-refractivity contribution in [1.29, 1.82) is 0 Å². The summed E-state index contributed by atoms with van der Waals surface area (Å²) in [5.41, 5.74) is 0.710. The first kappa shape index (κ1) is 19.6. The topological polar surface area (TPSA) is 74.4 Å². The Labute approximate surface area is 166 Å². The Bertz CT molecular complexity index is 797. The largest absolute Gasteiger partial charge is 0.453 e. The Kier molecular flexibility index (Phi) is 4.33. The van der Waals surface area contributed by atoms with E-state index in [1.807, 2.05) is 6.92 Å². The third kappa shape index (κ3) is 2.28. The molecule has 0 aromatic heterocycles. The number of rotatable bonds is 4. The number of esters is 2. The molecule has 4 aliphatic rings. The molecule has 2 heterocycles. The number of ether oxygens (including phenoxy) is 4. The smallest absolute Gasteiger partial charge is 0.336 e. The summed E-state index contributed by atoms with van der Waals surface area (Å²) in [6.07, 6.45) is 3.58. The number of epoxide rings is 1. The van der Waals surface area contributed by atoms with E-state index in [0.29, 0.717) is 29.7 Å². The summed E-state index contributed by atoms with van der Waals surface area (Å²) in [6.45, 7) is 11.9. The van der Waals surface area contributed by atoms with Crippen LogP contribution in [0.1, 0.15) is 60.8 Å². The van der Waals surface area contributed by atoms with Crippen molar-refractivity contribution < 1.29 is 28.5 Å². The third-order valence-electron chi connectivity index (χ3n) is 7.65. The lowest BCUT2D eigenvalue weighted by Gasteiger charge is -2.55. The molecule has 2 aliphatic heterocycles. The maximum atomic E-state index is 12.8. The van der Waals surface area contributed by atoms with Gasteiger partial charge in [-0.25, -0.2) is 9.59 Å². The van der Waals surface area contributed by atoms with Gasteiger partial charge in [-0.15, -0.1) is 0 Å². The summed E-state index contributed by atoms with van der Waals surface area (Å²) in [5, 5.41) is 0. The van der Waals surface area contributed by atoms with Gasteiger partial charge in [0.25, 0.3) is 0 Å². The Hall–Kier alpha value is -1.66. The van der Waals surface area contributed by atoms with E-state index in [0.717, 1.165) is 12.8 Å². The number of fused-ring (bicyclic) bond motifs is 1. The fourth-order valence-corrected chi connectivity index (χ4v) is 5.67. The molecule has 6 atom stereocenters. The fraction of sp³-hybridized carbons (Fsp3) is 0.727. The van der Waals surface area contributed by atoms with Crippen LogP contribution in [0.25, 0.3) is 0 Å². The summed E-state index contributed by atoms with van der Waals surface area (Å²) >= 11 is 0. The van der Waals surface area contributed by atoms with E-state index in [1.165, 1.54) is 0 Å². The lowest BCUT2D eigenvalue weighted by atomic mass is 9.51. The van der Waals surface area contributed by atoms with Gasteiger partial charge in [0.15, 0.2) is 0 Å². The van der Waals surface area contributed by atoms with Crippen molar-refractivity contribution in [1.82, 2.24) is 0 Å². The van der Waals surface area contributed by atoms with Gasteiger partial charge in [0, 0.05) is 23.2 Å². The molecular weight excluding hydrogens is 360 g/mol. The molecule has 0 radical (unpaired) electrons. The van der Waals surface area contributed by atoms with Crippen LogP contribution < -0.4 is 0 Å². The molecule has 154 valence electrons. The van der Waals surface area contributed by atoms with Crippen molar-refractivity contribution >= 4 is 11.9 Å². The zero-order chi connectivity index (χ0) is 20.5. The van der Waals surface area contributed by atoms with Gasteiger partial charge in [0.2, 0.25) is 5.79 Å². The van der Waals surface area contributed by atoms with Crippen molar-refractivity contribution in [3.8, 4) is 0 Å². The minimum Gasteiger partial charge on any atom is -0.453 e. The Morgan fingerprint density at radius 3 is 2.71 bits per heavy atom. The zero-order valence-corrected chi connectivity index (χ0v) is 17.6. The van der Waals surface area contributed by atoms with Gasteiger partial charge in [0.1, 0.15) is 11.7 Å². The van der Waals surface area contributed by atoms with Gasteiger partial charge in [-0.3, -0.25) is 0 Å². The van der Waals surface area contributed by atoms with Gasteiger partial charge in [-0.2, -0.15) is 0 Å². The summed E-state index contributed by atoms with van der Waals surface area (Å²) < 4.78 is 24.3. The Balaban J connectivity index is 1.89. The average molecular weight is 390 g/mol. The number of allylic oxidation sites excluding steroid dienone is 1. The van der Waals surface area contributed by atoms with E-state index in [2.05, 4.69) is 13.8 Å². The highest BCUT2D eigenvalue weighted by atomic mass is 16.7. The molecule has 6 heteroatoms. The van der Waals surface area contributed by atoms with Crippen LogP contribution >= 0.6 is 0 Å². The van der Waals surface area contributed by atoms with E-state index in [4.69, 9.17) is 18.9 Å². The summed E-state index contributed by atoms with van der Waals surface area (Å²) in [7, 11) is 0. The first-order chi connectivity index (χ1) is 13.2. The molecule has 0 bridgehead atoms. The highest BCUT2D eigenvalue weighted by Crippen LogP contribution is 2.71. The van der Waals surface area contributed by atoms with Crippen LogP contribution in [0.15, 0.2) is 22.8 Å². The number of hydrogen-bond donors (Lipinski definition) is 0. The number of carbonyl (C=O) groups excluding carboxylic acids is 2. The van der Waals surface area contributed by atoms with E-state index in [1.54, 1.807) is 26.8 Å². The molecule has 0 N–H and O–H groups in total. The Morgan fingerprint density at radius 1 is 1.36 bits per heavy atom. The first-order valence-electron chi connectivity index (χ1n) is 10.3. The van der Waals surface area contributed by atoms with Crippen LogP contribution in [-0.2, 0) is 28.5 Å². The van der Waals surface area contributed by atoms with Crippen molar-refractivity contribution in [2.45, 2.75) is 84.4 Å². The van der Waals surface area contributed by atoms with E-state index < -0.39 is 28.9 Å². The molecule has 0 aromatic rings. The van der Waals surface area contributed by atoms with Gasteiger partial charge in [-0.1, -0.05) is 19.9 Å². The van der Waals surface area contributed by atoms with Crippen molar-refractivity contribution in [2.24, 2.45) is 11.3 Å². The van der Waals surface area contributed by atoms with E-state index in [-0.39, 0.29) is 18.0 Å². The zero-order valence-electron chi connectivity index (χ0n) is 17.6. The molecule has 0 aromatic carbocycles. The standard InChI is InChI=1S/C22H30O6/c1-7-12(3)18(23)26-17-16-14(5)19(24)28-22(16,25-8-2)11-21-15(27-21)10-9-13(4)20(17,21)6/h7,13,15,17H,8-11H2,1-6H3/b12-7-/t13-,15+,17+,20-,21+,22-/m1/s1. The molecule has 0 amide bonds. The van der Waals surface area contributed by atoms with Gasteiger partial charge in [0.05, 0.1) is 18.1 Å². The molecule has 2 aliphatic carbocycles. The molecule has 6 nitrogen and oxygen atoms in total. The first-order valence-corrected chi connectivity index (χ1v) is 10.3. The molecule has 1 spiro atoms. The predicted molar refractivity (Wildman–Crippen MR) is 101 cm³/mol. The molecular formula is C22H30O6. The van der Waals surface area contributed by atoms with Crippen LogP contribution in [-0.4, -0.2) is 42.1 Å². The molecule has 3 fully saturated rings. The lowest BCUT2D eigenvalue weighted by molar-refractivity contribution is -0.244. The maximum absolute atomic E-state index is 12.8. The SMILES string of the molecule is C/C=C(/C)C(=O)O[C@H]1C2=C(C)C(=O)O[C@]2(OCC)C[C@]23O[C@H]2CC[C@@H](C)[C@]13C. The highest BCUT2D eigenvalue weighted by Gasteiger charge is 2.81. The second-order valence-corrected chi connectivity index (χ2v) is 8.81. The average Bonchev–Trinajstić information content (AvgIpc) is 3.30. The molecule has 2 saturated carbocycles. The van der Waals surface area contributed by atoms with Crippen molar-refractivity contribution in [3.05, 3.63) is 22.8 Å². The molecule has 1 saturated heterocycles. The lowest BCUT2D eigenvalue weighted by Crippen LogP contribution is -2.65.